The zero-order chi connectivity index (χ0) is 16.5. The quantitative estimate of drug-likeness (QED) is 0.487. The summed E-state index contributed by atoms with van der Waals surface area (Å²) in [5, 5.41) is 0.188. The molecule has 0 spiro atoms. The molecule has 4 N–H and O–H groups in total. The highest BCUT2D eigenvalue weighted by Gasteiger charge is 2.17. The van der Waals surface area contributed by atoms with E-state index >= 15 is 0 Å². The minimum Gasteiger partial charge on any atom is -0.370 e. The van der Waals surface area contributed by atoms with Gasteiger partial charge in [-0.2, -0.15) is 0 Å². The van der Waals surface area contributed by atoms with Crippen LogP contribution in [0.3, 0.4) is 0 Å². The molecule has 118 valence electrons. The van der Waals surface area contributed by atoms with Crippen LogP contribution < -0.4 is 11.5 Å². The van der Waals surface area contributed by atoms with Crippen LogP contribution in [-0.2, 0) is 0 Å². The van der Waals surface area contributed by atoms with Gasteiger partial charge < -0.3 is 11.5 Å². The molecular weight excluding hydrogens is 301 g/mol. The predicted molar refractivity (Wildman–Crippen MR) is 92.2 cm³/mol. The summed E-state index contributed by atoms with van der Waals surface area (Å²) in [6.45, 7) is 7.09. The minimum absolute atomic E-state index is 0.0463. The fourth-order valence-electron chi connectivity index (χ4n) is 2.05. The lowest BCUT2D eigenvalue weighted by Crippen LogP contribution is -2.21. The first-order chi connectivity index (χ1) is 10.5. The summed E-state index contributed by atoms with van der Waals surface area (Å²) >= 11 is 5.78. The first-order valence-corrected chi connectivity index (χ1v) is 7.29. The summed E-state index contributed by atoms with van der Waals surface area (Å²) in [7, 11) is 0. The maximum Gasteiger partial charge on any atom is 0.190 e. The Kier molecular flexibility index (Phi) is 7.40. The third-order valence-electron chi connectivity index (χ3n) is 3.30. The van der Waals surface area contributed by atoms with Crippen molar-refractivity contribution < 1.29 is 4.39 Å². The third kappa shape index (κ3) is 5.74. The molecule has 3 nitrogen and oxygen atoms in total. The van der Waals surface area contributed by atoms with E-state index in [1.54, 1.807) is 12.1 Å². The molecule has 0 amide bonds. The van der Waals surface area contributed by atoms with Crippen molar-refractivity contribution in [3.63, 3.8) is 0 Å². The molecule has 5 heteroatoms. The van der Waals surface area contributed by atoms with E-state index in [2.05, 4.69) is 30.3 Å². The maximum absolute atomic E-state index is 13.0. The standard InChI is InChI=1S/C14H14ClF.C3H7N3/c1-2-11(8-10-4-3-5-10)12-6-7-14(16)13(15)9-12;1-2-6-3(4)5/h2-4,6-7,9-11H,1,5,8H2;2H,1H2,(H4,4,5,6). The van der Waals surface area contributed by atoms with Gasteiger partial charge in [0, 0.05) is 12.1 Å². The Morgan fingerprint density at radius 2 is 2.14 bits per heavy atom. The van der Waals surface area contributed by atoms with Crippen LogP contribution in [-0.4, -0.2) is 5.96 Å². The van der Waals surface area contributed by atoms with Crippen molar-refractivity contribution in [2.75, 3.05) is 0 Å². The molecule has 1 aliphatic carbocycles. The van der Waals surface area contributed by atoms with Crippen molar-refractivity contribution in [1.82, 2.24) is 0 Å². The number of allylic oxidation sites excluding steroid dienone is 3. The van der Waals surface area contributed by atoms with E-state index in [-0.39, 0.29) is 22.7 Å². The number of guanidine groups is 1. The Morgan fingerprint density at radius 1 is 1.45 bits per heavy atom. The van der Waals surface area contributed by atoms with E-state index in [0.29, 0.717) is 5.92 Å². The van der Waals surface area contributed by atoms with Gasteiger partial charge >= 0.3 is 0 Å². The van der Waals surface area contributed by atoms with Gasteiger partial charge in [-0.15, -0.1) is 6.58 Å². The molecule has 1 aromatic carbocycles. The van der Waals surface area contributed by atoms with E-state index in [9.17, 15) is 4.39 Å². The van der Waals surface area contributed by atoms with Crippen LogP contribution in [0.1, 0.15) is 24.3 Å². The second-order valence-corrected chi connectivity index (χ2v) is 5.32. The monoisotopic (exact) mass is 321 g/mol. The van der Waals surface area contributed by atoms with Crippen molar-refractivity contribution in [1.29, 1.82) is 0 Å². The van der Waals surface area contributed by atoms with Gasteiger partial charge in [0.2, 0.25) is 0 Å². The molecule has 2 rings (SSSR count). The Morgan fingerprint density at radius 3 is 2.50 bits per heavy atom. The van der Waals surface area contributed by atoms with Gasteiger partial charge in [0.05, 0.1) is 5.02 Å². The topological polar surface area (TPSA) is 64.4 Å². The van der Waals surface area contributed by atoms with E-state index in [4.69, 9.17) is 23.1 Å². The zero-order valence-electron chi connectivity index (χ0n) is 12.4. The number of halogens is 2. The smallest absolute Gasteiger partial charge is 0.190 e. The van der Waals surface area contributed by atoms with Gasteiger partial charge in [-0.1, -0.05) is 42.5 Å². The van der Waals surface area contributed by atoms with Crippen LogP contribution in [0.2, 0.25) is 5.02 Å². The highest BCUT2D eigenvalue weighted by molar-refractivity contribution is 6.30. The van der Waals surface area contributed by atoms with Crippen LogP contribution in [0.5, 0.6) is 0 Å². The van der Waals surface area contributed by atoms with E-state index in [1.165, 1.54) is 12.3 Å². The SMILES string of the molecule is C=CC(CC1C=CC1)c1ccc(F)c(Cl)c1.C=CN=C(N)N. The second-order valence-electron chi connectivity index (χ2n) is 4.91. The molecule has 0 aromatic heterocycles. The van der Waals surface area contributed by atoms with Crippen molar-refractivity contribution in [3.05, 3.63) is 72.2 Å². The van der Waals surface area contributed by atoms with E-state index in [1.807, 2.05) is 6.08 Å². The molecule has 2 unspecified atom stereocenters. The van der Waals surface area contributed by atoms with Crippen molar-refractivity contribution in [3.8, 4) is 0 Å². The summed E-state index contributed by atoms with van der Waals surface area (Å²) in [6.07, 6.45) is 9.75. The summed E-state index contributed by atoms with van der Waals surface area (Å²) in [6, 6.07) is 4.91. The van der Waals surface area contributed by atoms with Gasteiger partial charge in [-0.05, 0) is 36.5 Å². The largest absolute Gasteiger partial charge is 0.370 e. The average molecular weight is 322 g/mol. The fraction of sp³-hybridized carbons (Fsp3) is 0.235. The number of hydrogen-bond acceptors (Lipinski definition) is 1. The number of benzene rings is 1. The normalized spacial score (nSPS) is 16.5. The molecule has 0 saturated carbocycles. The summed E-state index contributed by atoms with van der Waals surface area (Å²) in [5.74, 6) is 0.571. The Labute approximate surface area is 135 Å². The van der Waals surface area contributed by atoms with E-state index in [0.717, 1.165) is 18.4 Å². The molecule has 1 aliphatic rings. The van der Waals surface area contributed by atoms with Gasteiger partial charge in [-0.3, -0.25) is 0 Å². The van der Waals surface area contributed by atoms with E-state index < -0.39 is 0 Å². The molecule has 1 aromatic rings. The molecule has 2 atom stereocenters. The number of rotatable bonds is 5. The molecular formula is C17H21ClFN3. The number of hydrogen-bond donors (Lipinski definition) is 2. The summed E-state index contributed by atoms with van der Waals surface area (Å²) in [5.41, 5.74) is 10.8. The zero-order valence-corrected chi connectivity index (χ0v) is 13.1. The van der Waals surface area contributed by atoms with Gasteiger partial charge in [-0.25, -0.2) is 9.38 Å². The van der Waals surface area contributed by atoms with Crippen LogP contribution in [0.25, 0.3) is 0 Å². The highest BCUT2D eigenvalue weighted by atomic mass is 35.5. The Balaban J connectivity index is 0.000000346. The summed E-state index contributed by atoms with van der Waals surface area (Å²) < 4.78 is 13.0. The second kappa shape index (κ2) is 9.05. The van der Waals surface area contributed by atoms with Crippen LogP contribution in [0.4, 0.5) is 4.39 Å². The predicted octanol–water partition coefficient (Wildman–Crippen LogP) is 4.12. The Hall–Kier alpha value is -2.07. The first kappa shape index (κ1) is 18.0. The molecule has 0 fully saturated rings. The molecule has 0 radical (unpaired) electrons. The van der Waals surface area contributed by atoms with Crippen molar-refractivity contribution in [2.45, 2.75) is 18.8 Å². The lowest BCUT2D eigenvalue weighted by molar-refractivity contribution is 0.526. The first-order valence-electron chi connectivity index (χ1n) is 6.91. The minimum atomic E-state index is -0.364. The molecule has 0 aliphatic heterocycles. The average Bonchev–Trinajstić information content (AvgIpc) is 2.42. The molecule has 0 heterocycles. The van der Waals surface area contributed by atoms with Gasteiger partial charge in [0.1, 0.15) is 5.82 Å². The fourth-order valence-corrected chi connectivity index (χ4v) is 2.24. The third-order valence-corrected chi connectivity index (χ3v) is 3.59. The van der Waals surface area contributed by atoms with Crippen molar-refractivity contribution >= 4 is 17.6 Å². The number of aliphatic imine (C=N–C) groups is 1. The lowest BCUT2D eigenvalue weighted by atomic mass is 9.83. The molecule has 0 bridgehead atoms. The number of nitrogens with two attached hydrogens (primary N) is 2. The Bertz CT molecular complexity index is 577. The maximum atomic E-state index is 13.0. The molecule has 0 saturated heterocycles. The molecule has 22 heavy (non-hydrogen) atoms. The van der Waals surface area contributed by atoms with Gasteiger partial charge in [0.25, 0.3) is 0 Å². The number of nitrogens with zero attached hydrogens (tertiary/aromatic N) is 1. The highest BCUT2D eigenvalue weighted by Crippen LogP contribution is 2.32. The summed E-state index contributed by atoms with van der Waals surface area (Å²) in [4.78, 5) is 3.36. The van der Waals surface area contributed by atoms with Crippen LogP contribution in [0.15, 0.2) is 60.8 Å². The lowest BCUT2D eigenvalue weighted by Gasteiger charge is -2.22. The van der Waals surface area contributed by atoms with Crippen LogP contribution in [0, 0.1) is 11.7 Å². The van der Waals surface area contributed by atoms with Crippen LogP contribution >= 0.6 is 11.6 Å². The van der Waals surface area contributed by atoms with Crippen molar-refractivity contribution in [2.24, 2.45) is 22.4 Å². The van der Waals surface area contributed by atoms with Gasteiger partial charge in [0.15, 0.2) is 5.96 Å².